The van der Waals surface area contributed by atoms with E-state index in [9.17, 15) is 18.0 Å². The zero-order valence-corrected chi connectivity index (χ0v) is 11.2. The largest absolute Gasteiger partial charge is 0.416 e. The van der Waals surface area contributed by atoms with Gasteiger partial charge in [0, 0.05) is 0 Å². The van der Waals surface area contributed by atoms with E-state index in [1.165, 1.54) is 11.3 Å². The normalized spacial score (nSPS) is 11.4. The van der Waals surface area contributed by atoms with Crippen LogP contribution in [0.1, 0.15) is 20.8 Å². The SMILES string of the molecule is Cc1ccsc1C(=O)Nc1ccc(C(F)(F)F)cc1N. The van der Waals surface area contributed by atoms with Gasteiger partial charge in [0.2, 0.25) is 0 Å². The van der Waals surface area contributed by atoms with E-state index in [1.807, 2.05) is 0 Å². The zero-order valence-electron chi connectivity index (χ0n) is 10.4. The highest BCUT2D eigenvalue weighted by Crippen LogP contribution is 2.33. The number of hydrogen-bond acceptors (Lipinski definition) is 3. The fourth-order valence-corrected chi connectivity index (χ4v) is 2.46. The number of amides is 1. The van der Waals surface area contributed by atoms with Crippen molar-refractivity contribution in [2.75, 3.05) is 11.1 Å². The average molecular weight is 300 g/mol. The molecule has 0 unspecified atom stereocenters. The van der Waals surface area contributed by atoms with E-state index in [0.717, 1.165) is 23.8 Å². The number of benzene rings is 1. The van der Waals surface area contributed by atoms with Crippen molar-refractivity contribution >= 4 is 28.6 Å². The molecule has 20 heavy (non-hydrogen) atoms. The molecule has 0 aliphatic heterocycles. The van der Waals surface area contributed by atoms with Gasteiger partial charge < -0.3 is 11.1 Å². The van der Waals surface area contributed by atoms with Gasteiger partial charge in [0.15, 0.2) is 0 Å². The van der Waals surface area contributed by atoms with Crippen molar-refractivity contribution < 1.29 is 18.0 Å². The highest BCUT2D eigenvalue weighted by Gasteiger charge is 2.30. The van der Waals surface area contributed by atoms with Gasteiger partial charge in [-0.25, -0.2) is 0 Å². The van der Waals surface area contributed by atoms with E-state index < -0.39 is 11.7 Å². The Hall–Kier alpha value is -2.02. The summed E-state index contributed by atoms with van der Waals surface area (Å²) in [7, 11) is 0. The second-order valence-corrected chi connectivity index (χ2v) is 5.10. The minimum atomic E-state index is -4.46. The first-order valence-electron chi connectivity index (χ1n) is 5.61. The van der Waals surface area contributed by atoms with Gasteiger partial charge in [-0.05, 0) is 42.1 Å². The van der Waals surface area contributed by atoms with Crippen molar-refractivity contribution in [2.45, 2.75) is 13.1 Å². The molecule has 7 heteroatoms. The number of thiophene rings is 1. The number of aryl methyl sites for hydroxylation is 1. The Morgan fingerprint density at radius 2 is 2.00 bits per heavy atom. The summed E-state index contributed by atoms with van der Waals surface area (Å²) >= 11 is 1.26. The predicted molar refractivity (Wildman–Crippen MR) is 72.9 cm³/mol. The summed E-state index contributed by atoms with van der Waals surface area (Å²) in [6, 6.07) is 4.62. The average Bonchev–Trinajstić information content (AvgIpc) is 2.76. The van der Waals surface area contributed by atoms with Crippen LogP contribution in [0.4, 0.5) is 24.5 Å². The third kappa shape index (κ3) is 2.93. The highest BCUT2D eigenvalue weighted by atomic mass is 32.1. The molecule has 0 atom stereocenters. The molecule has 0 spiro atoms. The summed E-state index contributed by atoms with van der Waals surface area (Å²) in [5, 5.41) is 4.28. The van der Waals surface area contributed by atoms with Gasteiger partial charge in [-0.3, -0.25) is 4.79 Å². The molecule has 2 aromatic rings. The smallest absolute Gasteiger partial charge is 0.397 e. The Labute approximate surface area is 117 Å². The number of rotatable bonds is 2. The molecule has 2 rings (SSSR count). The van der Waals surface area contributed by atoms with Gasteiger partial charge >= 0.3 is 6.18 Å². The van der Waals surface area contributed by atoms with E-state index >= 15 is 0 Å². The van der Waals surface area contributed by atoms with E-state index in [1.54, 1.807) is 18.4 Å². The predicted octanol–water partition coefficient (Wildman–Crippen LogP) is 3.91. The minimum Gasteiger partial charge on any atom is -0.397 e. The molecule has 0 aliphatic rings. The number of nitrogen functional groups attached to an aromatic ring is 1. The van der Waals surface area contributed by atoms with Gasteiger partial charge in [-0.15, -0.1) is 11.3 Å². The summed E-state index contributed by atoms with van der Waals surface area (Å²) in [5.74, 6) is -0.385. The maximum Gasteiger partial charge on any atom is 0.416 e. The number of alkyl halides is 3. The van der Waals surface area contributed by atoms with Crippen molar-refractivity contribution in [3.63, 3.8) is 0 Å². The van der Waals surface area contributed by atoms with Gasteiger partial charge in [0.25, 0.3) is 5.91 Å². The number of carbonyl (C=O) groups is 1. The number of carbonyl (C=O) groups excluding carboxylic acids is 1. The molecule has 3 N–H and O–H groups in total. The monoisotopic (exact) mass is 300 g/mol. The Morgan fingerprint density at radius 1 is 1.30 bits per heavy atom. The molecule has 3 nitrogen and oxygen atoms in total. The molecule has 0 fully saturated rings. The van der Waals surface area contributed by atoms with Crippen LogP contribution in [0.5, 0.6) is 0 Å². The van der Waals surface area contributed by atoms with Crippen LogP contribution in [0, 0.1) is 6.92 Å². The molecule has 0 bridgehead atoms. The molecule has 0 aliphatic carbocycles. The van der Waals surface area contributed by atoms with Crippen LogP contribution in [0.15, 0.2) is 29.6 Å². The summed E-state index contributed by atoms with van der Waals surface area (Å²) in [6.07, 6.45) is -4.46. The Bertz CT molecular complexity index is 649. The quantitative estimate of drug-likeness (QED) is 0.826. The third-order valence-electron chi connectivity index (χ3n) is 2.70. The van der Waals surface area contributed by atoms with Crippen LogP contribution < -0.4 is 11.1 Å². The van der Waals surface area contributed by atoms with Crippen LogP contribution in [-0.2, 0) is 6.18 Å². The molecular weight excluding hydrogens is 289 g/mol. The lowest BCUT2D eigenvalue weighted by atomic mass is 10.1. The topological polar surface area (TPSA) is 55.1 Å². The van der Waals surface area contributed by atoms with Gasteiger partial charge in [-0.2, -0.15) is 13.2 Å². The summed E-state index contributed by atoms with van der Waals surface area (Å²) in [5.41, 5.74) is 5.54. The van der Waals surface area contributed by atoms with Crippen molar-refractivity contribution in [1.82, 2.24) is 0 Å². The zero-order chi connectivity index (χ0) is 14.9. The number of hydrogen-bond donors (Lipinski definition) is 2. The first-order valence-corrected chi connectivity index (χ1v) is 6.49. The van der Waals surface area contributed by atoms with Gasteiger partial charge in [0.05, 0.1) is 21.8 Å². The van der Waals surface area contributed by atoms with Crippen LogP contribution in [0.3, 0.4) is 0 Å². The van der Waals surface area contributed by atoms with Crippen molar-refractivity contribution in [2.24, 2.45) is 0 Å². The Balaban J connectivity index is 2.23. The van der Waals surface area contributed by atoms with E-state index in [4.69, 9.17) is 5.73 Å². The molecule has 0 saturated carbocycles. The Kier molecular flexibility index (Phi) is 3.71. The van der Waals surface area contributed by atoms with Gasteiger partial charge in [-0.1, -0.05) is 0 Å². The molecular formula is C13H11F3N2OS. The molecule has 1 heterocycles. The number of nitrogens with two attached hydrogens (primary N) is 1. The fourth-order valence-electron chi connectivity index (χ4n) is 1.64. The van der Waals surface area contributed by atoms with Crippen LogP contribution in [-0.4, -0.2) is 5.91 Å². The summed E-state index contributed by atoms with van der Waals surface area (Å²) in [6.45, 7) is 1.78. The van der Waals surface area contributed by atoms with E-state index in [-0.39, 0.29) is 17.3 Å². The molecule has 1 aromatic heterocycles. The number of nitrogens with one attached hydrogen (secondary N) is 1. The second kappa shape index (κ2) is 5.16. The maximum atomic E-state index is 12.5. The maximum absolute atomic E-state index is 12.5. The van der Waals surface area contributed by atoms with Crippen LogP contribution >= 0.6 is 11.3 Å². The first-order chi connectivity index (χ1) is 9.29. The highest BCUT2D eigenvalue weighted by molar-refractivity contribution is 7.12. The van der Waals surface area contributed by atoms with Crippen molar-refractivity contribution in [1.29, 1.82) is 0 Å². The lowest BCUT2D eigenvalue weighted by Crippen LogP contribution is -2.14. The van der Waals surface area contributed by atoms with Gasteiger partial charge in [0.1, 0.15) is 0 Å². The van der Waals surface area contributed by atoms with Crippen LogP contribution in [0.2, 0.25) is 0 Å². The first kappa shape index (κ1) is 14.4. The Morgan fingerprint density at radius 3 is 2.50 bits per heavy atom. The summed E-state index contributed by atoms with van der Waals surface area (Å²) < 4.78 is 37.5. The minimum absolute atomic E-state index is 0.123. The lowest BCUT2D eigenvalue weighted by Gasteiger charge is -2.11. The van der Waals surface area contributed by atoms with Crippen LogP contribution in [0.25, 0.3) is 0 Å². The second-order valence-electron chi connectivity index (χ2n) is 4.19. The molecule has 1 aromatic carbocycles. The molecule has 1 amide bonds. The number of halogens is 3. The lowest BCUT2D eigenvalue weighted by molar-refractivity contribution is -0.137. The van der Waals surface area contributed by atoms with E-state index in [2.05, 4.69) is 5.32 Å². The van der Waals surface area contributed by atoms with Crippen molar-refractivity contribution in [3.8, 4) is 0 Å². The standard InChI is InChI=1S/C13H11F3N2OS/c1-7-4-5-20-11(7)12(19)18-10-3-2-8(6-9(10)17)13(14,15)16/h2-6H,17H2,1H3,(H,18,19). The van der Waals surface area contributed by atoms with E-state index in [0.29, 0.717) is 4.88 Å². The molecule has 106 valence electrons. The van der Waals surface area contributed by atoms with Crippen molar-refractivity contribution in [3.05, 3.63) is 45.6 Å². The number of anilines is 2. The summed E-state index contributed by atoms with van der Waals surface area (Å²) in [4.78, 5) is 12.5. The third-order valence-corrected chi connectivity index (χ3v) is 3.71. The molecule has 0 saturated heterocycles. The fraction of sp³-hybridized carbons (Fsp3) is 0.154. The molecule has 0 radical (unpaired) electrons.